The minimum atomic E-state index is -0.118. The molecule has 2 amide bonds. The van der Waals surface area contributed by atoms with Crippen molar-refractivity contribution in [3.63, 3.8) is 0 Å². The molecular weight excluding hydrogens is 368 g/mol. The van der Waals surface area contributed by atoms with Crippen molar-refractivity contribution in [1.82, 2.24) is 0 Å². The molecule has 0 saturated heterocycles. The Morgan fingerprint density at radius 3 is 2.64 bits per heavy atom. The standard InChI is InChI=1S/C23H22N2O2S/c1-2-4-16-6-8-17(9-7-16)22(26)24-19-10-11-20-18(15-19)12-13-25(20)23(27)21-5-3-14-28-21/h3,5-11,14-15H,2,4,12-13H2,1H3,(H,24,26). The zero-order valence-corrected chi connectivity index (χ0v) is 16.6. The van der Waals surface area contributed by atoms with Crippen LogP contribution in [0.4, 0.5) is 11.4 Å². The topological polar surface area (TPSA) is 49.4 Å². The van der Waals surface area contributed by atoms with Crippen LogP contribution in [0.3, 0.4) is 0 Å². The van der Waals surface area contributed by atoms with E-state index in [-0.39, 0.29) is 11.8 Å². The van der Waals surface area contributed by atoms with E-state index in [1.165, 1.54) is 16.9 Å². The van der Waals surface area contributed by atoms with Crippen molar-refractivity contribution in [2.24, 2.45) is 0 Å². The van der Waals surface area contributed by atoms with E-state index in [9.17, 15) is 9.59 Å². The van der Waals surface area contributed by atoms with E-state index >= 15 is 0 Å². The minimum Gasteiger partial charge on any atom is -0.322 e. The highest BCUT2D eigenvalue weighted by Gasteiger charge is 2.26. The maximum absolute atomic E-state index is 12.7. The second-order valence-corrected chi connectivity index (χ2v) is 7.88. The van der Waals surface area contributed by atoms with Crippen molar-refractivity contribution in [3.05, 3.63) is 81.5 Å². The lowest BCUT2D eigenvalue weighted by Gasteiger charge is -2.16. The van der Waals surface area contributed by atoms with Crippen molar-refractivity contribution in [1.29, 1.82) is 0 Å². The molecule has 142 valence electrons. The van der Waals surface area contributed by atoms with Gasteiger partial charge in [-0.3, -0.25) is 9.59 Å². The summed E-state index contributed by atoms with van der Waals surface area (Å²) in [7, 11) is 0. The van der Waals surface area contributed by atoms with Gasteiger partial charge in [0.05, 0.1) is 4.88 Å². The summed E-state index contributed by atoms with van der Waals surface area (Å²) in [5.41, 5.74) is 4.66. The molecule has 0 bridgehead atoms. The predicted molar refractivity (Wildman–Crippen MR) is 115 cm³/mol. The lowest BCUT2D eigenvalue weighted by atomic mass is 10.1. The number of carbonyl (C=O) groups excluding carboxylic acids is 2. The molecule has 1 aliphatic heterocycles. The lowest BCUT2D eigenvalue weighted by molar-refractivity contribution is 0.0991. The third-order valence-corrected chi connectivity index (χ3v) is 5.82. The van der Waals surface area contributed by atoms with Crippen LogP contribution in [-0.4, -0.2) is 18.4 Å². The van der Waals surface area contributed by atoms with E-state index < -0.39 is 0 Å². The van der Waals surface area contributed by atoms with E-state index in [0.29, 0.717) is 12.1 Å². The molecule has 0 atom stereocenters. The Bertz CT molecular complexity index is 994. The van der Waals surface area contributed by atoms with E-state index in [1.54, 1.807) is 0 Å². The van der Waals surface area contributed by atoms with Crippen molar-refractivity contribution < 1.29 is 9.59 Å². The molecule has 4 nitrogen and oxygen atoms in total. The van der Waals surface area contributed by atoms with Crippen molar-refractivity contribution in [2.45, 2.75) is 26.2 Å². The normalized spacial score (nSPS) is 12.7. The van der Waals surface area contributed by atoms with Crippen LogP contribution >= 0.6 is 11.3 Å². The van der Waals surface area contributed by atoms with Crippen LogP contribution in [0.5, 0.6) is 0 Å². The van der Waals surface area contributed by atoms with Crippen LogP contribution in [0.1, 0.15) is 44.5 Å². The number of fused-ring (bicyclic) bond motifs is 1. The van der Waals surface area contributed by atoms with Crippen LogP contribution in [0.15, 0.2) is 60.0 Å². The maximum atomic E-state index is 12.7. The average molecular weight is 391 g/mol. The number of nitrogens with one attached hydrogen (secondary N) is 1. The number of amides is 2. The Labute approximate surface area is 168 Å². The first kappa shape index (κ1) is 18.4. The Hall–Kier alpha value is -2.92. The number of carbonyl (C=O) groups is 2. The predicted octanol–water partition coefficient (Wildman–Crippen LogP) is 5.16. The van der Waals surface area contributed by atoms with Crippen LogP contribution in [0, 0.1) is 0 Å². The highest BCUT2D eigenvalue weighted by atomic mass is 32.1. The number of nitrogens with zero attached hydrogens (tertiary/aromatic N) is 1. The quantitative estimate of drug-likeness (QED) is 0.654. The molecule has 3 aromatic rings. The average Bonchev–Trinajstić information content (AvgIpc) is 3.38. The van der Waals surface area contributed by atoms with Gasteiger partial charge in [0.1, 0.15) is 0 Å². The second-order valence-electron chi connectivity index (χ2n) is 6.93. The summed E-state index contributed by atoms with van der Waals surface area (Å²) in [5.74, 6) is -0.0785. The highest BCUT2D eigenvalue weighted by Crippen LogP contribution is 2.32. The van der Waals surface area contributed by atoms with Gasteiger partial charge in [-0.1, -0.05) is 31.5 Å². The summed E-state index contributed by atoms with van der Waals surface area (Å²) in [6.45, 7) is 2.81. The zero-order valence-electron chi connectivity index (χ0n) is 15.8. The lowest BCUT2D eigenvalue weighted by Crippen LogP contribution is -2.28. The van der Waals surface area contributed by atoms with Crippen LogP contribution in [0.25, 0.3) is 0 Å². The smallest absolute Gasteiger partial charge is 0.268 e. The van der Waals surface area contributed by atoms with Gasteiger partial charge in [0.2, 0.25) is 0 Å². The number of rotatable bonds is 5. The summed E-state index contributed by atoms with van der Waals surface area (Å²) < 4.78 is 0. The van der Waals surface area contributed by atoms with Crippen molar-refractivity contribution in [2.75, 3.05) is 16.8 Å². The molecule has 0 unspecified atom stereocenters. The maximum Gasteiger partial charge on any atom is 0.268 e. The van der Waals surface area contributed by atoms with Crippen LogP contribution in [0.2, 0.25) is 0 Å². The first-order valence-corrected chi connectivity index (χ1v) is 10.4. The van der Waals surface area contributed by atoms with Crippen molar-refractivity contribution in [3.8, 4) is 0 Å². The minimum absolute atomic E-state index is 0.0395. The summed E-state index contributed by atoms with van der Waals surface area (Å²) in [4.78, 5) is 27.8. The Balaban J connectivity index is 1.47. The molecule has 1 aromatic heterocycles. The number of hydrogen-bond acceptors (Lipinski definition) is 3. The fraction of sp³-hybridized carbons (Fsp3) is 0.217. The monoisotopic (exact) mass is 390 g/mol. The van der Waals surface area contributed by atoms with E-state index in [4.69, 9.17) is 0 Å². The highest BCUT2D eigenvalue weighted by molar-refractivity contribution is 7.12. The Kier molecular flexibility index (Phi) is 5.26. The van der Waals surface area contributed by atoms with Gasteiger partial charge in [0.25, 0.3) is 11.8 Å². The molecule has 1 N–H and O–H groups in total. The molecule has 0 radical (unpaired) electrons. The first-order valence-electron chi connectivity index (χ1n) is 9.54. The largest absolute Gasteiger partial charge is 0.322 e. The second kappa shape index (κ2) is 7.98. The summed E-state index contributed by atoms with van der Waals surface area (Å²) in [6, 6.07) is 17.3. The van der Waals surface area contributed by atoms with Crippen molar-refractivity contribution >= 4 is 34.5 Å². The molecule has 0 spiro atoms. The van der Waals surface area contributed by atoms with Gasteiger partial charge in [-0.2, -0.15) is 0 Å². The Morgan fingerprint density at radius 1 is 1.11 bits per heavy atom. The molecule has 28 heavy (non-hydrogen) atoms. The van der Waals surface area contributed by atoms with Gasteiger partial charge >= 0.3 is 0 Å². The molecule has 5 heteroatoms. The fourth-order valence-corrected chi connectivity index (χ4v) is 4.21. The molecule has 2 aromatic carbocycles. The van der Waals surface area contributed by atoms with Gasteiger partial charge in [-0.15, -0.1) is 11.3 Å². The van der Waals surface area contributed by atoms with Gasteiger partial charge in [-0.05, 0) is 65.7 Å². The summed E-state index contributed by atoms with van der Waals surface area (Å²) >= 11 is 1.46. The molecule has 0 saturated carbocycles. The molecule has 1 aliphatic rings. The number of benzene rings is 2. The first-order chi connectivity index (χ1) is 13.7. The van der Waals surface area contributed by atoms with E-state index in [2.05, 4.69) is 12.2 Å². The molecule has 2 heterocycles. The zero-order chi connectivity index (χ0) is 19.5. The third kappa shape index (κ3) is 3.71. The number of anilines is 2. The summed E-state index contributed by atoms with van der Waals surface area (Å²) in [6.07, 6.45) is 2.90. The molecular formula is C23H22N2O2S. The third-order valence-electron chi connectivity index (χ3n) is 4.96. The molecule has 4 rings (SSSR count). The SMILES string of the molecule is CCCc1ccc(C(=O)Nc2ccc3c(c2)CCN3C(=O)c2cccs2)cc1. The number of hydrogen-bond donors (Lipinski definition) is 1. The number of aryl methyl sites for hydroxylation is 1. The van der Waals surface area contributed by atoms with E-state index in [0.717, 1.165) is 41.1 Å². The molecule has 0 aliphatic carbocycles. The Morgan fingerprint density at radius 2 is 1.93 bits per heavy atom. The summed E-state index contributed by atoms with van der Waals surface area (Å²) in [5, 5.41) is 4.88. The van der Waals surface area contributed by atoms with Gasteiger partial charge in [-0.25, -0.2) is 0 Å². The van der Waals surface area contributed by atoms with Gasteiger partial charge in [0, 0.05) is 23.5 Å². The van der Waals surface area contributed by atoms with Gasteiger partial charge < -0.3 is 10.2 Å². The fourth-order valence-electron chi connectivity index (χ4n) is 3.54. The molecule has 0 fully saturated rings. The van der Waals surface area contributed by atoms with Crippen LogP contribution in [-0.2, 0) is 12.8 Å². The number of thiophene rings is 1. The van der Waals surface area contributed by atoms with E-state index in [1.807, 2.05) is 64.9 Å². The van der Waals surface area contributed by atoms with Gasteiger partial charge in [0.15, 0.2) is 0 Å². The van der Waals surface area contributed by atoms with Crippen LogP contribution < -0.4 is 10.2 Å².